The topological polar surface area (TPSA) is 65.4 Å². The molecule has 0 bridgehead atoms. The summed E-state index contributed by atoms with van der Waals surface area (Å²) >= 11 is 0. The molecule has 1 aromatic rings. The predicted octanol–water partition coefficient (Wildman–Crippen LogP) is 0.974. The third-order valence-corrected chi connectivity index (χ3v) is 2.46. The van der Waals surface area contributed by atoms with Gasteiger partial charge in [-0.1, -0.05) is 13.8 Å². The molecule has 0 aliphatic carbocycles. The van der Waals surface area contributed by atoms with Gasteiger partial charge in [-0.3, -0.25) is 4.79 Å². The molecule has 0 saturated carbocycles. The Bertz CT molecular complexity index is 418. The molecule has 1 N–H and O–H groups in total. The maximum Gasteiger partial charge on any atom is 0.268 e. The van der Waals surface area contributed by atoms with Crippen LogP contribution in [0.1, 0.15) is 13.8 Å². The van der Waals surface area contributed by atoms with Crippen LogP contribution >= 0.6 is 0 Å². The van der Waals surface area contributed by atoms with Crippen LogP contribution in [0.2, 0.25) is 0 Å². The fourth-order valence-corrected chi connectivity index (χ4v) is 1.42. The lowest BCUT2D eigenvalue weighted by Crippen LogP contribution is -2.25. The van der Waals surface area contributed by atoms with Crippen LogP contribution in [0.5, 0.6) is 0 Å². The van der Waals surface area contributed by atoms with Crippen LogP contribution in [0.4, 0.5) is 5.69 Å². The van der Waals surface area contributed by atoms with Gasteiger partial charge in [0.25, 0.3) is 5.56 Å². The van der Waals surface area contributed by atoms with Crippen molar-refractivity contribution in [2.24, 2.45) is 5.92 Å². The number of aromatic nitrogens is 2. The fraction of sp³-hybridized carbons (Fsp3) is 0.692. The summed E-state index contributed by atoms with van der Waals surface area (Å²) in [5.41, 5.74) is 0.638. The first-order valence-corrected chi connectivity index (χ1v) is 6.51. The summed E-state index contributed by atoms with van der Waals surface area (Å²) in [6.45, 7) is 7.03. The molecule has 0 atom stereocenters. The van der Waals surface area contributed by atoms with Crippen molar-refractivity contribution < 1.29 is 9.47 Å². The summed E-state index contributed by atoms with van der Waals surface area (Å²) in [6, 6.07) is 1.56. The van der Waals surface area contributed by atoms with Crippen LogP contribution < -0.4 is 10.9 Å². The molecule has 6 nitrogen and oxygen atoms in total. The van der Waals surface area contributed by atoms with Gasteiger partial charge in [-0.05, 0) is 5.92 Å². The highest BCUT2D eigenvalue weighted by Gasteiger charge is 2.01. The number of hydrogen-bond donors (Lipinski definition) is 1. The van der Waals surface area contributed by atoms with Crippen molar-refractivity contribution in [3.8, 4) is 0 Å². The van der Waals surface area contributed by atoms with Gasteiger partial charge >= 0.3 is 0 Å². The van der Waals surface area contributed by atoms with E-state index >= 15 is 0 Å². The molecule has 0 unspecified atom stereocenters. The largest absolute Gasteiger partial charge is 0.383 e. The number of rotatable bonds is 9. The minimum atomic E-state index is -0.121. The Morgan fingerprint density at radius 1 is 1.37 bits per heavy atom. The van der Waals surface area contributed by atoms with E-state index in [4.69, 9.17) is 9.47 Å². The number of ether oxygens (including phenoxy) is 2. The van der Waals surface area contributed by atoms with Crippen molar-refractivity contribution in [1.29, 1.82) is 0 Å². The molecule has 0 fully saturated rings. The second kappa shape index (κ2) is 8.66. The van der Waals surface area contributed by atoms with Crippen LogP contribution in [0, 0.1) is 5.92 Å². The summed E-state index contributed by atoms with van der Waals surface area (Å²) in [5, 5.41) is 7.28. The van der Waals surface area contributed by atoms with Gasteiger partial charge in [0, 0.05) is 19.7 Å². The van der Waals surface area contributed by atoms with Crippen LogP contribution in [0.15, 0.2) is 17.1 Å². The SMILES string of the molecule is COCCOCCn1ncc(NCC(C)C)cc1=O. The van der Waals surface area contributed by atoms with E-state index < -0.39 is 0 Å². The van der Waals surface area contributed by atoms with Gasteiger partial charge in [0.05, 0.1) is 38.2 Å². The van der Waals surface area contributed by atoms with Gasteiger partial charge in [0.15, 0.2) is 0 Å². The van der Waals surface area contributed by atoms with Crippen LogP contribution in [0.25, 0.3) is 0 Å². The Hall–Kier alpha value is -1.40. The number of methoxy groups -OCH3 is 1. The number of anilines is 1. The molecule has 0 spiro atoms. The summed E-state index contributed by atoms with van der Waals surface area (Å²) < 4.78 is 11.6. The Morgan fingerprint density at radius 2 is 2.16 bits per heavy atom. The molecule has 19 heavy (non-hydrogen) atoms. The average molecular weight is 269 g/mol. The van der Waals surface area contributed by atoms with E-state index in [1.807, 2.05) is 0 Å². The zero-order chi connectivity index (χ0) is 14.1. The highest BCUT2D eigenvalue weighted by molar-refractivity contribution is 5.38. The van der Waals surface area contributed by atoms with Gasteiger partial charge in [-0.25, -0.2) is 4.68 Å². The van der Waals surface area contributed by atoms with E-state index in [0.29, 0.717) is 32.3 Å². The lowest BCUT2D eigenvalue weighted by atomic mass is 10.2. The average Bonchev–Trinajstić information content (AvgIpc) is 2.38. The first kappa shape index (κ1) is 15.7. The quantitative estimate of drug-likeness (QED) is 0.677. The van der Waals surface area contributed by atoms with Gasteiger partial charge in [0.2, 0.25) is 0 Å². The zero-order valence-electron chi connectivity index (χ0n) is 11.9. The van der Waals surface area contributed by atoms with Gasteiger partial charge in [-0.2, -0.15) is 5.10 Å². The van der Waals surface area contributed by atoms with Crippen LogP contribution in [0.3, 0.4) is 0 Å². The van der Waals surface area contributed by atoms with Gasteiger partial charge in [0.1, 0.15) is 0 Å². The van der Waals surface area contributed by atoms with Crippen molar-refractivity contribution in [2.75, 3.05) is 38.8 Å². The molecule has 0 amide bonds. The second-order valence-electron chi connectivity index (χ2n) is 4.69. The normalized spacial score (nSPS) is 10.9. The first-order chi connectivity index (χ1) is 9.13. The summed E-state index contributed by atoms with van der Waals surface area (Å²) in [4.78, 5) is 11.8. The second-order valence-corrected chi connectivity index (χ2v) is 4.69. The van der Waals surface area contributed by atoms with Gasteiger partial charge in [-0.15, -0.1) is 0 Å². The monoisotopic (exact) mass is 269 g/mol. The zero-order valence-corrected chi connectivity index (χ0v) is 11.9. The first-order valence-electron chi connectivity index (χ1n) is 6.51. The molecule has 0 aromatic carbocycles. The lowest BCUT2D eigenvalue weighted by Gasteiger charge is -2.10. The third-order valence-electron chi connectivity index (χ3n) is 2.46. The molecule has 1 heterocycles. The molecule has 0 radical (unpaired) electrons. The summed E-state index contributed by atoms with van der Waals surface area (Å²) in [6.07, 6.45) is 1.67. The molecule has 0 aliphatic heterocycles. The third kappa shape index (κ3) is 6.35. The van der Waals surface area contributed by atoms with E-state index in [1.54, 1.807) is 19.4 Å². The van der Waals surface area contributed by atoms with Crippen molar-refractivity contribution in [3.05, 3.63) is 22.6 Å². The molecule has 6 heteroatoms. The predicted molar refractivity (Wildman–Crippen MR) is 74.5 cm³/mol. The summed E-state index contributed by atoms with van der Waals surface area (Å²) in [7, 11) is 1.62. The number of hydrogen-bond acceptors (Lipinski definition) is 5. The molecule has 1 rings (SSSR count). The molecule has 0 saturated heterocycles. The standard InChI is InChI=1S/C13H23N3O3/c1-11(2)9-14-12-8-13(17)16(15-10-12)4-5-19-7-6-18-3/h8,10-11,14H,4-7,9H2,1-3H3. The number of nitrogens with zero attached hydrogens (tertiary/aromatic N) is 2. The molecule has 1 aromatic heterocycles. The Morgan fingerprint density at radius 3 is 2.79 bits per heavy atom. The Labute approximate surface area is 113 Å². The van der Waals surface area contributed by atoms with E-state index in [1.165, 1.54) is 4.68 Å². The van der Waals surface area contributed by atoms with Crippen molar-refractivity contribution in [2.45, 2.75) is 20.4 Å². The lowest BCUT2D eigenvalue weighted by molar-refractivity contribution is 0.0649. The van der Waals surface area contributed by atoms with Crippen LogP contribution in [-0.4, -0.2) is 43.3 Å². The molecular weight excluding hydrogens is 246 g/mol. The fourth-order valence-electron chi connectivity index (χ4n) is 1.42. The van der Waals surface area contributed by atoms with E-state index in [9.17, 15) is 4.79 Å². The van der Waals surface area contributed by atoms with Crippen molar-refractivity contribution >= 4 is 5.69 Å². The minimum absolute atomic E-state index is 0.121. The highest BCUT2D eigenvalue weighted by atomic mass is 16.5. The van der Waals surface area contributed by atoms with E-state index in [2.05, 4.69) is 24.3 Å². The molecule has 108 valence electrons. The highest BCUT2D eigenvalue weighted by Crippen LogP contribution is 2.01. The van der Waals surface area contributed by atoms with E-state index in [0.717, 1.165) is 12.2 Å². The van der Waals surface area contributed by atoms with Crippen LogP contribution in [-0.2, 0) is 16.0 Å². The smallest absolute Gasteiger partial charge is 0.268 e. The maximum atomic E-state index is 11.8. The Kier molecular flexibility index (Phi) is 7.14. The molecule has 0 aliphatic rings. The Balaban J connectivity index is 2.41. The summed E-state index contributed by atoms with van der Waals surface area (Å²) in [5.74, 6) is 0.525. The van der Waals surface area contributed by atoms with E-state index in [-0.39, 0.29) is 5.56 Å². The van der Waals surface area contributed by atoms with Gasteiger partial charge < -0.3 is 14.8 Å². The van der Waals surface area contributed by atoms with Crippen molar-refractivity contribution in [1.82, 2.24) is 9.78 Å². The molecular formula is C13H23N3O3. The number of nitrogens with one attached hydrogen (secondary N) is 1. The minimum Gasteiger partial charge on any atom is -0.383 e. The van der Waals surface area contributed by atoms with Crippen molar-refractivity contribution in [3.63, 3.8) is 0 Å². The maximum absolute atomic E-state index is 11.8.